The predicted octanol–water partition coefficient (Wildman–Crippen LogP) is 3.21. The van der Waals surface area contributed by atoms with Crippen molar-refractivity contribution in [3.8, 4) is 0 Å². The quantitative estimate of drug-likeness (QED) is 0.811. The normalized spacial score (nSPS) is 21.7. The number of hydrogen-bond donors (Lipinski definition) is 2. The van der Waals surface area contributed by atoms with Gasteiger partial charge in [0.25, 0.3) is 0 Å². The number of amides is 1. The van der Waals surface area contributed by atoms with Gasteiger partial charge in [0, 0.05) is 38.3 Å². The zero-order valence-corrected chi connectivity index (χ0v) is 17.5. The van der Waals surface area contributed by atoms with Gasteiger partial charge in [-0.3, -0.25) is 9.69 Å². The lowest BCUT2D eigenvalue weighted by atomic mass is 9.90. The molecule has 0 bridgehead atoms. The molecule has 2 unspecified atom stereocenters. The summed E-state index contributed by atoms with van der Waals surface area (Å²) in [4.78, 5) is 21.8. The van der Waals surface area contributed by atoms with Gasteiger partial charge in [0.15, 0.2) is 0 Å². The molecule has 1 saturated heterocycles. The molecule has 2 N–H and O–H groups in total. The fourth-order valence-corrected chi connectivity index (χ4v) is 4.45. The molecule has 2 aromatic carbocycles. The van der Waals surface area contributed by atoms with Crippen LogP contribution in [-0.4, -0.2) is 61.3 Å². The van der Waals surface area contributed by atoms with E-state index in [1.807, 2.05) is 30.6 Å². The summed E-state index contributed by atoms with van der Waals surface area (Å²) in [7, 11) is 2.06. The number of halogens is 1. The Morgan fingerprint density at radius 2 is 2.10 bits per heavy atom. The molecule has 1 fully saturated rings. The third kappa shape index (κ3) is 4.15. The molecule has 0 aliphatic carbocycles. The highest BCUT2D eigenvalue weighted by Gasteiger charge is 2.37. The Bertz CT molecular complexity index is 931. The molecule has 7 heteroatoms. The number of piperazine rings is 1. The number of fused-ring (bicyclic) bond motifs is 1. The highest BCUT2D eigenvalue weighted by Crippen LogP contribution is 2.38. The number of nitrogens with one attached hydrogen (secondary N) is 2. The van der Waals surface area contributed by atoms with Gasteiger partial charge >= 0.3 is 0 Å². The van der Waals surface area contributed by atoms with E-state index >= 15 is 0 Å². The van der Waals surface area contributed by atoms with Gasteiger partial charge in [0.1, 0.15) is 0 Å². The molecule has 2 aliphatic heterocycles. The molecular weight excluding hydrogens is 386 g/mol. The standard InChI is InChI=1S/C22H26ClN5O/c1-15-6-5-9-18-21(15)22(27(2)14-25-18)19-12-24-10-11-28(19)13-20(29)26-17-8-4-3-7-16(17)23/h3-9,14,19,22,24H,10-13H2,1-2H3,(H,26,29). The Labute approximate surface area is 176 Å². The molecule has 0 spiro atoms. The van der Waals surface area contributed by atoms with Crippen LogP contribution in [0.3, 0.4) is 0 Å². The van der Waals surface area contributed by atoms with Crippen molar-refractivity contribution in [2.75, 3.05) is 38.5 Å². The molecule has 152 valence electrons. The second-order valence-corrected chi connectivity index (χ2v) is 8.04. The summed E-state index contributed by atoms with van der Waals surface area (Å²) in [6.07, 6.45) is 1.89. The zero-order chi connectivity index (χ0) is 20.4. The van der Waals surface area contributed by atoms with Crippen molar-refractivity contribution in [1.29, 1.82) is 0 Å². The van der Waals surface area contributed by atoms with Crippen molar-refractivity contribution in [2.24, 2.45) is 4.99 Å². The Morgan fingerprint density at radius 1 is 1.28 bits per heavy atom. The van der Waals surface area contributed by atoms with Gasteiger partial charge in [-0.05, 0) is 30.7 Å². The van der Waals surface area contributed by atoms with Gasteiger partial charge in [-0.15, -0.1) is 0 Å². The Morgan fingerprint density at radius 3 is 2.93 bits per heavy atom. The highest BCUT2D eigenvalue weighted by atomic mass is 35.5. The van der Waals surface area contributed by atoms with Gasteiger partial charge in [-0.2, -0.15) is 0 Å². The van der Waals surface area contributed by atoms with Gasteiger partial charge in [-0.1, -0.05) is 35.9 Å². The average Bonchev–Trinajstić information content (AvgIpc) is 2.71. The van der Waals surface area contributed by atoms with Crippen molar-refractivity contribution in [3.63, 3.8) is 0 Å². The van der Waals surface area contributed by atoms with E-state index in [1.54, 1.807) is 6.07 Å². The monoisotopic (exact) mass is 411 g/mol. The maximum absolute atomic E-state index is 12.8. The Balaban J connectivity index is 1.56. The highest BCUT2D eigenvalue weighted by molar-refractivity contribution is 6.33. The first kappa shape index (κ1) is 19.9. The third-order valence-electron chi connectivity index (χ3n) is 5.67. The molecular formula is C22H26ClN5O. The SMILES string of the molecule is Cc1cccc2c1C(C1CNCCN1CC(=O)Nc1ccccc1Cl)N(C)C=N2. The summed E-state index contributed by atoms with van der Waals surface area (Å²) < 4.78 is 0. The minimum Gasteiger partial charge on any atom is -0.357 e. The molecule has 6 nitrogen and oxygen atoms in total. The lowest BCUT2D eigenvalue weighted by molar-refractivity contribution is -0.118. The molecule has 29 heavy (non-hydrogen) atoms. The summed E-state index contributed by atoms with van der Waals surface area (Å²) in [6, 6.07) is 13.8. The summed E-state index contributed by atoms with van der Waals surface area (Å²) in [5, 5.41) is 7.00. The largest absolute Gasteiger partial charge is 0.357 e. The van der Waals surface area contributed by atoms with Crippen molar-refractivity contribution >= 4 is 35.2 Å². The van der Waals surface area contributed by atoms with Gasteiger partial charge in [0.05, 0.1) is 35.3 Å². The van der Waals surface area contributed by atoms with Crippen LogP contribution in [0.4, 0.5) is 11.4 Å². The maximum atomic E-state index is 12.8. The smallest absolute Gasteiger partial charge is 0.238 e. The van der Waals surface area contributed by atoms with Crippen molar-refractivity contribution in [2.45, 2.75) is 19.0 Å². The lowest BCUT2D eigenvalue weighted by Crippen LogP contribution is -2.58. The molecule has 1 amide bonds. The first-order valence-corrected chi connectivity index (χ1v) is 10.3. The van der Waals surface area contributed by atoms with Gasteiger partial charge in [-0.25, -0.2) is 4.99 Å². The minimum atomic E-state index is -0.0536. The molecule has 2 aromatic rings. The summed E-state index contributed by atoms with van der Waals surface area (Å²) >= 11 is 6.19. The summed E-state index contributed by atoms with van der Waals surface area (Å²) in [6.45, 7) is 4.94. The number of para-hydroxylation sites is 1. The van der Waals surface area contributed by atoms with Crippen LogP contribution in [0.5, 0.6) is 0 Å². The predicted molar refractivity (Wildman–Crippen MR) is 118 cm³/mol. The molecule has 2 aliphatic rings. The van der Waals surface area contributed by atoms with Crippen LogP contribution in [0.2, 0.25) is 5.02 Å². The van der Waals surface area contributed by atoms with Crippen molar-refractivity contribution in [1.82, 2.24) is 15.1 Å². The number of rotatable bonds is 4. The number of benzene rings is 2. The number of aliphatic imine (C=N–C) groups is 1. The zero-order valence-electron chi connectivity index (χ0n) is 16.7. The third-order valence-corrected chi connectivity index (χ3v) is 6.00. The van der Waals surface area contributed by atoms with E-state index in [0.717, 1.165) is 25.3 Å². The molecule has 2 atom stereocenters. The van der Waals surface area contributed by atoms with Crippen LogP contribution in [0.1, 0.15) is 17.2 Å². The fourth-order valence-electron chi connectivity index (χ4n) is 4.27. The van der Waals surface area contributed by atoms with E-state index in [0.29, 0.717) is 17.3 Å². The Hall–Kier alpha value is -2.41. The van der Waals surface area contributed by atoms with Crippen LogP contribution in [0.15, 0.2) is 47.5 Å². The average molecular weight is 412 g/mol. The second-order valence-electron chi connectivity index (χ2n) is 7.63. The summed E-state index contributed by atoms with van der Waals surface area (Å²) in [5.41, 5.74) is 4.12. The van der Waals surface area contributed by atoms with E-state index in [1.165, 1.54) is 11.1 Å². The van der Waals surface area contributed by atoms with Crippen LogP contribution in [-0.2, 0) is 4.79 Å². The van der Waals surface area contributed by atoms with Crippen LogP contribution in [0.25, 0.3) is 0 Å². The first-order valence-electron chi connectivity index (χ1n) is 9.89. The summed E-state index contributed by atoms with van der Waals surface area (Å²) in [5.74, 6) is -0.0536. The van der Waals surface area contributed by atoms with Crippen LogP contribution < -0.4 is 10.6 Å². The topological polar surface area (TPSA) is 60.0 Å². The van der Waals surface area contributed by atoms with Crippen molar-refractivity contribution in [3.05, 3.63) is 58.6 Å². The molecule has 0 radical (unpaired) electrons. The van der Waals surface area contributed by atoms with E-state index < -0.39 is 0 Å². The van der Waals surface area contributed by atoms with E-state index in [4.69, 9.17) is 11.6 Å². The number of anilines is 1. The molecule has 0 saturated carbocycles. The van der Waals surface area contributed by atoms with Gasteiger partial charge in [0.2, 0.25) is 5.91 Å². The second kappa shape index (κ2) is 8.53. The van der Waals surface area contributed by atoms with E-state index in [9.17, 15) is 4.79 Å². The Kier molecular flexibility index (Phi) is 5.85. The molecule has 4 rings (SSSR count). The lowest BCUT2D eigenvalue weighted by Gasteiger charge is -2.45. The van der Waals surface area contributed by atoms with Crippen LogP contribution >= 0.6 is 11.6 Å². The number of aryl methyl sites for hydroxylation is 1. The van der Waals surface area contributed by atoms with E-state index in [-0.39, 0.29) is 18.0 Å². The molecule has 2 heterocycles. The van der Waals surface area contributed by atoms with E-state index in [2.05, 4.69) is 51.5 Å². The fraction of sp³-hybridized carbons (Fsp3) is 0.364. The number of carbonyl (C=O) groups is 1. The molecule has 0 aromatic heterocycles. The van der Waals surface area contributed by atoms with Gasteiger partial charge < -0.3 is 15.5 Å². The van der Waals surface area contributed by atoms with Crippen LogP contribution in [0, 0.1) is 6.92 Å². The number of hydrogen-bond acceptors (Lipinski definition) is 5. The minimum absolute atomic E-state index is 0.0536. The number of nitrogens with zero attached hydrogens (tertiary/aromatic N) is 3. The number of likely N-dealkylation sites (N-methyl/N-ethyl adjacent to an activating group) is 1. The number of carbonyl (C=O) groups excluding carboxylic acids is 1. The maximum Gasteiger partial charge on any atom is 0.238 e. The first-order chi connectivity index (χ1) is 14.0. The van der Waals surface area contributed by atoms with Crippen molar-refractivity contribution < 1.29 is 4.79 Å².